The van der Waals surface area contributed by atoms with Crippen LogP contribution in [-0.2, 0) is 0 Å². The van der Waals surface area contributed by atoms with Crippen molar-refractivity contribution in [1.29, 1.82) is 0 Å². The predicted octanol–water partition coefficient (Wildman–Crippen LogP) is 3.03. The molecule has 0 radical (unpaired) electrons. The van der Waals surface area contributed by atoms with Crippen molar-refractivity contribution in [2.24, 2.45) is 5.92 Å². The number of likely N-dealkylation sites (tertiary alicyclic amines) is 1. The number of piperidine rings is 1. The zero-order chi connectivity index (χ0) is 16.4. The van der Waals surface area contributed by atoms with Gasteiger partial charge < -0.3 is 4.90 Å². The summed E-state index contributed by atoms with van der Waals surface area (Å²) in [6.45, 7) is 4.71. The van der Waals surface area contributed by atoms with Crippen molar-refractivity contribution >= 4 is 40.1 Å². The van der Waals surface area contributed by atoms with Crippen molar-refractivity contribution in [2.75, 3.05) is 25.4 Å². The van der Waals surface area contributed by atoms with Gasteiger partial charge in [0, 0.05) is 25.4 Å². The lowest BCUT2D eigenvalue weighted by Crippen LogP contribution is -2.36. The second kappa shape index (κ2) is 7.01. The maximum absolute atomic E-state index is 12.3. The summed E-state index contributed by atoms with van der Waals surface area (Å²) in [5, 5.41) is 0. The van der Waals surface area contributed by atoms with Gasteiger partial charge in [0.2, 0.25) is 0 Å². The van der Waals surface area contributed by atoms with Gasteiger partial charge in [0.25, 0.3) is 11.8 Å². The van der Waals surface area contributed by atoms with E-state index in [1.165, 1.54) is 17.7 Å². The number of hydrogen-bond acceptors (Lipinski definition) is 4. The Balaban J connectivity index is 1.51. The number of nitrogens with zero attached hydrogens (tertiary/aromatic N) is 2. The van der Waals surface area contributed by atoms with Crippen LogP contribution in [0.3, 0.4) is 0 Å². The Labute approximate surface area is 146 Å². The number of hydrogen-bond donors (Lipinski definition) is 0. The number of rotatable bonds is 3. The fourth-order valence-electron chi connectivity index (χ4n) is 2.95. The molecular formula is C17H20N2O2S2. The van der Waals surface area contributed by atoms with Crippen LogP contribution in [0.15, 0.2) is 24.3 Å². The van der Waals surface area contributed by atoms with Crippen LogP contribution in [0.25, 0.3) is 0 Å². The Morgan fingerprint density at radius 1 is 1.17 bits per heavy atom. The monoisotopic (exact) mass is 348 g/mol. The quantitative estimate of drug-likeness (QED) is 0.620. The van der Waals surface area contributed by atoms with Crippen molar-refractivity contribution < 1.29 is 9.59 Å². The highest BCUT2D eigenvalue weighted by molar-refractivity contribution is 8.22. The number of fused-ring (bicyclic) bond motifs is 1. The number of imide groups is 1. The molecule has 0 spiro atoms. The Hall–Kier alpha value is -1.40. The van der Waals surface area contributed by atoms with Crippen LogP contribution >= 0.6 is 24.0 Å². The zero-order valence-corrected chi connectivity index (χ0v) is 14.8. The second-order valence-corrected chi connectivity index (χ2v) is 7.82. The molecule has 1 fully saturated rings. The Morgan fingerprint density at radius 2 is 1.74 bits per heavy atom. The lowest BCUT2D eigenvalue weighted by atomic mass is 10.00. The third kappa shape index (κ3) is 3.43. The van der Waals surface area contributed by atoms with Gasteiger partial charge in [-0.05, 0) is 30.9 Å². The minimum Gasteiger partial charge on any atom is -0.358 e. The van der Waals surface area contributed by atoms with Crippen LogP contribution in [-0.4, -0.2) is 51.3 Å². The molecule has 0 saturated carbocycles. The molecule has 0 unspecified atom stereocenters. The van der Waals surface area contributed by atoms with E-state index in [1.54, 1.807) is 36.0 Å². The van der Waals surface area contributed by atoms with E-state index in [0.717, 1.165) is 23.3 Å². The van der Waals surface area contributed by atoms with Crippen molar-refractivity contribution in [3.63, 3.8) is 0 Å². The fraction of sp³-hybridized carbons (Fsp3) is 0.471. The summed E-state index contributed by atoms with van der Waals surface area (Å²) in [6, 6.07) is 6.99. The molecule has 0 aromatic heterocycles. The van der Waals surface area contributed by atoms with Crippen LogP contribution in [0.4, 0.5) is 0 Å². The number of amides is 2. The van der Waals surface area contributed by atoms with Gasteiger partial charge in [-0.3, -0.25) is 14.5 Å². The van der Waals surface area contributed by atoms with Gasteiger partial charge in [-0.15, -0.1) is 0 Å². The van der Waals surface area contributed by atoms with Gasteiger partial charge in [-0.2, -0.15) is 0 Å². The van der Waals surface area contributed by atoms with Gasteiger partial charge in [0.05, 0.1) is 11.1 Å². The van der Waals surface area contributed by atoms with E-state index in [4.69, 9.17) is 12.2 Å². The summed E-state index contributed by atoms with van der Waals surface area (Å²) in [7, 11) is 0. The summed E-state index contributed by atoms with van der Waals surface area (Å²) in [6.07, 6.45) is 2.36. The molecule has 0 atom stereocenters. The van der Waals surface area contributed by atoms with Crippen molar-refractivity contribution in [2.45, 2.75) is 19.8 Å². The lowest BCUT2D eigenvalue weighted by molar-refractivity contribution is 0.0664. The van der Waals surface area contributed by atoms with E-state index in [9.17, 15) is 9.59 Å². The third-order valence-electron chi connectivity index (χ3n) is 4.46. The highest BCUT2D eigenvalue weighted by Gasteiger charge is 2.34. The molecule has 0 aliphatic carbocycles. The number of thiocarbonyl (C=S) groups is 1. The molecule has 2 aliphatic rings. The molecular weight excluding hydrogens is 328 g/mol. The first-order chi connectivity index (χ1) is 11.1. The SMILES string of the molecule is CC1CCN(C(=S)SCCN2C(=O)c3ccccc3C2=O)CC1. The minimum atomic E-state index is -0.191. The molecule has 122 valence electrons. The van der Waals surface area contributed by atoms with Gasteiger partial charge >= 0.3 is 0 Å². The fourth-order valence-corrected chi connectivity index (χ4v) is 4.20. The molecule has 4 nitrogen and oxygen atoms in total. The van der Waals surface area contributed by atoms with Crippen molar-refractivity contribution in [3.8, 4) is 0 Å². The first kappa shape index (κ1) is 16.5. The van der Waals surface area contributed by atoms with E-state index < -0.39 is 0 Å². The van der Waals surface area contributed by atoms with Crippen LogP contribution in [0.5, 0.6) is 0 Å². The summed E-state index contributed by atoms with van der Waals surface area (Å²) in [4.78, 5) is 28.1. The van der Waals surface area contributed by atoms with Gasteiger partial charge in [0.15, 0.2) is 0 Å². The van der Waals surface area contributed by atoms with Crippen LogP contribution in [0.1, 0.15) is 40.5 Å². The van der Waals surface area contributed by atoms with Gasteiger partial charge in [0.1, 0.15) is 4.32 Å². The average Bonchev–Trinajstić information content (AvgIpc) is 2.81. The van der Waals surface area contributed by atoms with Crippen LogP contribution in [0.2, 0.25) is 0 Å². The lowest BCUT2D eigenvalue weighted by Gasteiger charge is -2.32. The highest BCUT2D eigenvalue weighted by atomic mass is 32.2. The molecule has 1 saturated heterocycles. The molecule has 1 aromatic rings. The summed E-state index contributed by atoms with van der Waals surface area (Å²) >= 11 is 7.05. The molecule has 3 rings (SSSR count). The van der Waals surface area contributed by atoms with E-state index in [-0.39, 0.29) is 11.8 Å². The molecule has 6 heteroatoms. The maximum Gasteiger partial charge on any atom is 0.261 e. The summed E-state index contributed by atoms with van der Waals surface area (Å²) in [5.74, 6) is 1.04. The van der Waals surface area contributed by atoms with E-state index >= 15 is 0 Å². The Kier molecular flexibility index (Phi) is 5.02. The van der Waals surface area contributed by atoms with Crippen LogP contribution in [0, 0.1) is 5.92 Å². The molecule has 0 N–H and O–H groups in total. The largest absolute Gasteiger partial charge is 0.358 e. The predicted molar refractivity (Wildman–Crippen MR) is 96.8 cm³/mol. The number of thioether (sulfide) groups is 1. The summed E-state index contributed by atoms with van der Waals surface area (Å²) < 4.78 is 0.883. The molecule has 23 heavy (non-hydrogen) atoms. The van der Waals surface area contributed by atoms with E-state index in [1.807, 2.05) is 0 Å². The second-order valence-electron chi connectivity index (χ2n) is 6.09. The van der Waals surface area contributed by atoms with Crippen molar-refractivity contribution in [1.82, 2.24) is 9.80 Å². The third-order valence-corrected chi connectivity index (χ3v) is 5.96. The Bertz CT molecular complexity index is 604. The van der Waals surface area contributed by atoms with E-state index in [2.05, 4.69) is 11.8 Å². The zero-order valence-electron chi connectivity index (χ0n) is 13.2. The first-order valence-electron chi connectivity index (χ1n) is 7.95. The standard InChI is InChI=1S/C17H20N2O2S2/c1-12-6-8-18(9-7-12)17(22)23-11-10-19-15(20)13-4-2-3-5-14(13)16(19)21/h2-5,12H,6-11H2,1H3. The normalized spacial score (nSPS) is 18.5. The molecule has 1 aromatic carbocycles. The first-order valence-corrected chi connectivity index (χ1v) is 9.34. The van der Waals surface area contributed by atoms with Gasteiger partial charge in [-0.25, -0.2) is 0 Å². The average molecular weight is 348 g/mol. The minimum absolute atomic E-state index is 0.191. The molecule has 2 amide bonds. The number of carbonyl (C=O) groups excluding carboxylic acids is 2. The summed E-state index contributed by atoms with van der Waals surface area (Å²) in [5.41, 5.74) is 1.02. The smallest absolute Gasteiger partial charge is 0.261 e. The van der Waals surface area contributed by atoms with Crippen molar-refractivity contribution in [3.05, 3.63) is 35.4 Å². The van der Waals surface area contributed by atoms with E-state index in [0.29, 0.717) is 23.4 Å². The van der Waals surface area contributed by atoms with Crippen LogP contribution < -0.4 is 0 Å². The number of benzene rings is 1. The topological polar surface area (TPSA) is 40.6 Å². The highest BCUT2D eigenvalue weighted by Crippen LogP contribution is 2.24. The Morgan fingerprint density at radius 3 is 2.30 bits per heavy atom. The molecule has 2 aliphatic heterocycles. The van der Waals surface area contributed by atoms with Gasteiger partial charge in [-0.1, -0.05) is 43.0 Å². The maximum atomic E-state index is 12.3. The molecule has 0 bridgehead atoms. The number of carbonyl (C=O) groups is 2. The molecule has 2 heterocycles.